The van der Waals surface area contributed by atoms with Gasteiger partial charge in [-0.25, -0.2) is 28.5 Å². The number of alkyl halides is 2. The Morgan fingerprint density at radius 3 is 2.44 bits per heavy atom. The highest BCUT2D eigenvalue weighted by Gasteiger charge is 2.84. The Balaban J connectivity index is 1.44. The molecule has 3 heterocycles. The van der Waals surface area contributed by atoms with Crippen molar-refractivity contribution in [2.24, 2.45) is 5.41 Å². The molecule has 2 aromatic heterocycles. The Labute approximate surface area is 231 Å². The van der Waals surface area contributed by atoms with Crippen LogP contribution in [0.3, 0.4) is 0 Å². The predicted octanol–water partition coefficient (Wildman–Crippen LogP) is 4.09. The van der Waals surface area contributed by atoms with Gasteiger partial charge in [-0.05, 0) is 23.8 Å². The minimum absolute atomic E-state index is 0.0491. The average Bonchev–Trinajstić information content (AvgIpc) is 3.23. The Morgan fingerprint density at radius 2 is 1.76 bits per heavy atom. The number of fused-ring (bicyclic) bond motifs is 1. The van der Waals surface area contributed by atoms with Crippen molar-refractivity contribution in [1.29, 1.82) is 0 Å². The van der Waals surface area contributed by atoms with Gasteiger partial charge in [-0.15, -0.1) is 0 Å². The van der Waals surface area contributed by atoms with Crippen molar-refractivity contribution in [3.63, 3.8) is 0 Å². The van der Waals surface area contributed by atoms with Crippen molar-refractivity contribution in [3.05, 3.63) is 83.9 Å². The standard InChI is InChI=1S/C28H23F2N5O6/c1-15(36)40-21-25(41-20(27(21)12-28(27,29)30)17-10-6-7-11-18(17)26(38)39-2)35-14-33-19-22(31-13-32-23(19)35)34-24(37)16-8-4-3-5-9-16/h3-11,13-14,20-21,25H,12H2,1-2H3,(H,31,32,34,37)/t20-,21-,25+,27+/m0/s1. The number of halogens is 2. The number of amides is 1. The number of aromatic nitrogens is 4. The van der Waals surface area contributed by atoms with Crippen LogP contribution in [0.1, 0.15) is 52.0 Å². The Kier molecular flexibility index (Phi) is 6.25. The predicted molar refractivity (Wildman–Crippen MR) is 138 cm³/mol. The van der Waals surface area contributed by atoms with Crippen molar-refractivity contribution in [1.82, 2.24) is 19.5 Å². The molecule has 1 amide bonds. The molecule has 2 aromatic carbocycles. The normalized spacial score (nSPS) is 24.2. The summed E-state index contributed by atoms with van der Waals surface area (Å²) < 4.78 is 48.7. The number of benzene rings is 2. The third kappa shape index (κ3) is 4.20. The highest BCUT2D eigenvalue weighted by Crippen LogP contribution is 2.75. The summed E-state index contributed by atoms with van der Waals surface area (Å²) in [6.07, 6.45) is -2.29. The molecule has 1 spiro atoms. The van der Waals surface area contributed by atoms with E-state index in [1.807, 2.05) is 0 Å². The summed E-state index contributed by atoms with van der Waals surface area (Å²) in [7, 11) is 1.19. The van der Waals surface area contributed by atoms with Gasteiger partial charge in [-0.3, -0.25) is 14.2 Å². The Bertz CT molecular complexity index is 1680. The molecule has 0 radical (unpaired) electrons. The number of carbonyl (C=O) groups excluding carboxylic acids is 3. The fraction of sp³-hybridized carbons (Fsp3) is 0.286. The quantitative estimate of drug-likeness (QED) is 0.344. The summed E-state index contributed by atoms with van der Waals surface area (Å²) >= 11 is 0. The maximum Gasteiger partial charge on any atom is 0.338 e. The van der Waals surface area contributed by atoms with Crippen LogP contribution in [0.4, 0.5) is 14.6 Å². The second-order valence-corrected chi connectivity index (χ2v) is 9.80. The van der Waals surface area contributed by atoms with E-state index in [2.05, 4.69) is 20.3 Å². The molecule has 2 fully saturated rings. The first-order chi connectivity index (χ1) is 19.7. The third-order valence-corrected chi connectivity index (χ3v) is 7.42. The van der Waals surface area contributed by atoms with Crippen LogP contribution in [0.5, 0.6) is 0 Å². The molecule has 1 N–H and O–H groups in total. The van der Waals surface area contributed by atoms with E-state index in [0.29, 0.717) is 5.56 Å². The van der Waals surface area contributed by atoms with E-state index in [1.165, 1.54) is 36.5 Å². The molecule has 0 unspecified atom stereocenters. The molecule has 210 valence electrons. The first-order valence-electron chi connectivity index (χ1n) is 12.6. The maximum atomic E-state index is 15.4. The van der Waals surface area contributed by atoms with Gasteiger partial charge in [0, 0.05) is 18.9 Å². The number of anilines is 1. The van der Waals surface area contributed by atoms with Crippen molar-refractivity contribution < 1.29 is 37.4 Å². The van der Waals surface area contributed by atoms with Gasteiger partial charge in [0.1, 0.15) is 17.8 Å². The summed E-state index contributed by atoms with van der Waals surface area (Å²) in [6.45, 7) is 1.12. The summed E-state index contributed by atoms with van der Waals surface area (Å²) in [6, 6.07) is 14.6. The first kappa shape index (κ1) is 26.4. The number of imidazole rings is 1. The number of hydrogen-bond donors (Lipinski definition) is 1. The number of esters is 2. The zero-order valence-corrected chi connectivity index (χ0v) is 21.8. The van der Waals surface area contributed by atoms with Crippen LogP contribution in [0.25, 0.3) is 11.2 Å². The van der Waals surface area contributed by atoms with Gasteiger partial charge in [0.05, 0.1) is 19.0 Å². The maximum absolute atomic E-state index is 15.4. The lowest BCUT2D eigenvalue weighted by Crippen LogP contribution is -2.35. The van der Waals surface area contributed by atoms with Gasteiger partial charge in [-0.2, -0.15) is 0 Å². The molecule has 1 aliphatic carbocycles. The van der Waals surface area contributed by atoms with Crippen molar-refractivity contribution in [2.75, 3.05) is 12.4 Å². The van der Waals surface area contributed by atoms with Crippen LogP contribution in [-0.2, 0) is 19.0 Å². The summed E-state index contributed by atoms with van der Waals surface area (Å²) in [5.74, 6) is -5.15. The van der Waals surface area contributed by atoms with Crippen LogP contribution in [-0.4, -0.2) is 56.5 Å². The van der Waals surface area contributed by atoms with E-state index in [9.17, 15) is 14.4 Å². The second-order valence-electron chi connectivity index (χ2n) is 9.80. The van der Waals surface area contributed by atoms with Crippen LogP contribution >= 0.6 is 0 Å². The highest BCUT2D eigenvalue weighted by atomic mass is 19.3. The molecule has 13 heteroatoms. The van der Waals surface area contributed by atoms with Gasteiger partial charge in [0.2, 0.25) is 0 Å². The molecule has 4 aromatic rings. The molecule has 11 nitrogen and oxygen atoms in total. The molecule has 2 aliphatic rings. The highest BCUT2D eigenvalue weighted by molar-refractivity contribution is 6.06. The van der Waals surface area contributed by atoms with Crippen molar-refractivity contribution in [3.8, 4) is 0 Å². The second kappa shape index (κ2) is 9.70. The lowest BCUT2D eigenvalue weighted by atomic mass is 9.86. The minimum Gasteiger partial charge on any atom is -0.465 e. The van der Waals surface area contributed by atoms with Crippen LogP contribution in [0.15, 0.2) is 67.3 Å². The van der Waals surface area contributed by atoms with E-state index in [1.54, 1.807) is 42.5 Å². The van der Waals surface area contributed by atoms with E-state index < -0.39 is 54.0 Å². The topological polar surface area (TPSA) is 135 Å². The lowest BCUT2D eigenvalue weighted by molar-refractivity contribution is -0.156. The average molecular weight is 564 g/mol. The zero-order valence-electron chi connectivity index (χ0n) is 21.8. The SMILES string of the molecule is COC(=O)c1ccccc1[C@@H]1O[C@@H](n2cnc3c(NC(=O)c4ccccc4)ncnc32)[C@H](OC(C)=O)[C@@]12CC2(F)F. The van der Waals surface area contributed by atoms with Crippen LogP contribution in [0, 0.1) is 5.41 Å². The first-order valence-corrected chi connectivity index (χ1v) is 12.6. The van der Waals surface area contributed by atoms with Crippen LogP contribution in [0.2, 0.25) is 0 Å². The van der Waals surface area contributed by atoms with Crippen molar-refractivity contribution >= 4 is 34.8 Å². The number of nitrogens with one attached hydrogen (secondary N) is 1. The Hall–Kier alpha value is -4.78. The fourth-order valence-corrected chi connectivity index (χ4v) is 5.48. The van der Waals surface area contributed by atoms with Gasteiger partial charge in [-0.1, -0.05) is 36.4 Å². The van der Waals surface area contributed by atoms with Crippen LogP contribution < -0.4 is 5.32 Å². The molecular formula is C28H23F2N5O6. The van der Waals surface area contributed by atoms with Gasteiger partial charge in [0.25, 0.3) is 11.8 Å². The number of hydrogen-bond acceptors (Lipinski definition) is 9. The smallest absolute Gasteiger partial charge is 0.338 e. The monoisotopic (exact) mass is 563 g/mol. The Morgan fingerprint density at radius 1 is 1.05 bits per heavy atom. The number of carbonyl (C=O) groups is 3. The fourth-order valence-electron chi connectivity index (χ4n) is 5.48. The third-order valence-electron chi connectivity index (χ3n) is 7.42. The molecule has 4 atom stereocenters. The molecule has 41 heavy (non-hydrogen) atoms. The molecule has 1 saturated carbocycles. The number of ether oxygens (including phenoxy) is 3. The summed E-state index contributed by atoms with van der Waals surface area (Å²) in [5, 5.41) is 2.69. The van der Waals surface area contributed by atoms with E-state index in [-0.39, 0.29) is 28.1 Å². The van der Waals surface area contributed by atoms with E-state index in [4.69, 9.17) is 14.2 Å². The summed E-state index contributed by atoms with van der Waals surface area (Å²) in [5.41, 5.74) is -1.05. The zero-order chi connectivity index (χ0) is 28.9. The minimum atomic E-state index is -3.28. The van der Waals surface area contributed by atoms with Gasteiger partial charge < -0.3 is 19.5 Å². The molecular weight excluding hydrogens is 540 g/mol. The summed E-state index contributed by atoms with van der Waals surface area (Å²) in [4.78, 5) is 50.2. The number of methoxy groups -OCH3 is 1. The largest absolute Gasteiger partial charge is 0.465 e. The molecule has 1 saturated heterocycles. The molecule has 6 rings (SSSR count). The van der Waals surface area contributed by atoms with Gasteiger partial charge in [0.15, 0.2) is 29.3 Å². The molecule has 0 bridgehead atoms. The van der Waals surface area contributed by atoms with E-state index in [0.717, 1.165) is 6.92 Å². The molecule has 1 aliphatic heterocycles. The number of nitrogens with zero attached hydrogens (tertiary/aromatic N) is 4. The number of rotatable bonds is 6. The van der Waals surface area contributed by atoms with Gasteiger partial charge >= 0.3 is 11.9 Å². The van der Waals surface area contributed by atoms with E-state index >= 15 is 8.78 Å². The lowest BCUT2D eigenvalue weighted by Gasteiger charge is -2.25. The van der Waals surface area contributed by atoms with Crippen molar-refractivity contribution in [2.45, 2.75) is 37.7 Å².